The van der Waals surface area contributed by atoms with Gasteiger partial charge in [-0.15, -0.1) is 0 Å². The lowest BCUT2D eigenvalue weighted by Crippen LogP contribution is -2.43. The fraction of sp³-hybridized carbons (Fsp3) is 0.500. The predicted octanol–water partition coefficient (Wildman–Crippen LogP) is 0.424. The highest BCUT2D eigenvalue weighted by molar-refractivity contribution is 7.91. The molecule has 2 atom stereocenters. The Balaban J connectivity index is 1.76. The van der Waals surface area contributed by atoms with Gasteiger partial charge in [-0.3, -0.25) is 9.59 Å². The van der Waals surface area contributed by atoms with Gasteiger partial charge in [-0.2, -0.15) is 0 Å². The third-order valence-corrected chi connectivity index (χ3v) is 5.72. The van der Waals surface area contributed by atoms with E-state index in [-0.39, 0.29) is 36.2 Å². The number of halogens is 1. The molecule has 0 aromatic heterocycles. The number of carbonyl (C=O) groups excluding carboxylic acids is 2. The lowest BCUT2D eigenvalue weighted by Gasteiger charge is -2.14. The van der Waals surface area contributed by atoms with Crippen LogP contribution in [-0.4, -0.2) is 44.3 Å². The van der Waals surface area contributed by atoms with Gasteiger partial charge in [0.05, 0.1) is 18.1 Å². The van der Waals surface area contributed by atoms with Crippen molar-refractivity contribution in [2.45, 2.75) is 25.8 Å². The van der Waals surface area contributed by atoms with Gasteiger partial charge < -0.3 is 10.6 Å². The minimum absolute atomic E-state index is 0.0592. The number of hydrogen-bond acceptors (Lipinski definition) is 4. The van der Waals surface area contributed by atoms with E-state index in [4.69, 9.17) is 0 Å². The summed E-state index contributed by atoms with van der Waals surface area (Å²) in [6.45, 7) is 1.43. The number of carbonyl (C=O) groups is 2. The number of benzene rings is 1. The molecule has 2 N–H and O–H groups in total. The summed E-state index contributed by atoms with van der Waals surface area (Å²) in [6, 6.07) is 5.84. The van der Waals surface area contributed by atoms with Crippen molar-refractivity contribution < 1.29 is 22.4 Å². The second-order valence-electron chi connectivity index (χ2n) is 6.08. The van der Waals surface area contributed by atoms with Crippen LogP contribution in [0.2, 0.25) is 0 Å². The molecule has 6 nitrogen and oxygen atoms in total. The lowest BCUT2D eigenvalue weighted by molar-refractivity contribution is -0.128. The van der Waals surface area contributed by atoms with Gasteiger partial charge in [-0.1, -0.05) is 25.1 Å². The molecule has 1 saturated heterocycles. The summed E-state index contributed by atoms with van der Waals surface area (Å²) >= 11 is 0. The zero-order valence-corrected chi connectivity index (χ0v) is 14.2. The third kappa shape index (κ3) is 5.30. The van der Waals surface area contributed by atoms with Crippen molar-refractivity contribution in [2.24, 2.45) is 5.92 Å². The van der Waals surface area contributed by atoms with Crippen LogP contribution in [0, 0.1) is 11.7 Å². The molecule has 2 amide bonds. The first kappa shape index (κ1) is 18.4. The van der Waals surface area contributed by atoms with E-state index in [0.717, 1.165) is 0 Å². The molecule has 8 heteroatoms. The molecule has 0 radical (unpaired) electrons. The molecule has 2 unspecified atom stereocenters. The van der Waals surface area contributed by atoms with Crippen LogP contribution in [0.3, 0.4) is 0 Å². The fourth-order valence-electron chi connectivity index (χ4n) is 2.62. The standard InChI is InChI=1S/C16H21FN2O4S/c1-11(8-12-4-2-3-5-14(12)17)16(21)18-9-15(20)19-13-6-7-24(22,23)10-13/h2-5,11,13H,6-10H2,1H3,(H,18,21)(H,19,20). The van der Waals surface area contributed by atoms with Crippen LogP contribution in [0.1, 0.15) is 18.9 Å². The zero-order valence-electron chi connectivity index (χ0n) is 13.4. The zero-order chi connectivity index (χ0) is 17.7. The quantitative estimate of drug-likeness (QED) is 0.773. The van der Waals surface area contributed by atoms with E-state index < -0.39 is 27.7 Å². The van der Waals surface area contributed by atoms with Crippen molar-refractivity contribution >= 4 is 21.7 Å². The first-order valence-electron chi connectivity index (χ1n) is 7.78. The normalized spacial score (nSPS) is 20.3. The van der Waals surface area contributed by atoms with Gasteiger partial charge in [0.2, 0.25) is 11.8 Å². The van der Waals surface area contributed by atoms with Crippen molar-refractivity contribution in [1.29, 1.82) is 0 Å². The summed E-state index contributed by atoms with van der Waals surface area (Å²) < 4.78 is 36.2. The molecule has 132 valence electrons. The molecule has 0 bridgehead atoms. The van der Waals surface area contributed by atoms with E-state index in [1.54, 1.807) is 25.1 Å². The first-order chi connectivity index (χ1) is 11.3. The Kier molecular flexibility index (Phi) is 5.93. The second kappa shape index (κ2) is 7.74. The molecular weight excluding hydrogens is 335 g/mol. The van der Waals surface area contributed by atoms with E-state index in [1.165, 1.54) is 6.07 Å². The molecule has 1 fully saturated rings. The molecule has 1 aromatic rings. The minimum Gasteiger partial charge on any atom is -0.351 e. The van der Waals surface area contributed by atoms with Gasteiger partial charge in [-0.25, -0.2) is 12.8 Å². The molecule has 1 aromatic carbocycles. The van der Waals surface area contributed by atoms with Crippen molar-refractivity contribution in [1.82, 2.24) is 10.6 Å². The summed E-state index contributed by atoms with van der Waals surface area (Å²) in [4.78, 5) is 23.8. The summed E-state index contributed by atoms with van der Waals surface area (Å²) in [6.07, 6.45) is 0.632. The fourth-order valence-corrected chi connectivity index (χ4v) is 4.29. The van der Waals surface area contributed by atoms with Crippen LogP contribution in [0.25, 0.3) is 0 Å². The lowest BCUT2D eigenvalue weighted by atomic mass is 10.00. The third-order valence-electron chi connectivity index (χ3n) is 3.95. The summed E-state index contributed by atoms with van der Waals surface area (Å²) in [5.74, 6) is -1.62. The molecule has 0 spiro atoms. The average molecular weight is 356 g/mol. The summed E-state index contributed by atoms with van der Waals surface area (Å²) in [5, 5.41) is 5.09. The largest absolute Gasteiger partial charge is 0.351 e. The Morgan fingerprint density at radius 3 is 2.67 bits per heavy atom. The summed E-state index contributed by atoms with van der Waals surface area (Å²) in [5.41, 5.74) is 0.445. The first-order valence-corrected chi connectivity index (χ1v) is 9.60. The van der Waals surface area contributed by atoms with Gasteiger partial charge in [0.15, 0.2) is 9.84 Å². The number of hydrogen-bond donors (Lipinski definition) is 2. The van der Waals surface area contributed by atoms with E-state index in [1.807, 2.05) is 0 Å². The SMILES string of the molecule is CC(Cc1ccccc1F)C(=O)NCC(=O)NC1CCS(=O)(=O)C1. The van der Waals surface area contributed by atoms with Crippen LogP contribution < -0.4 is 10.6 Å². The van der Waals surface area contributed by atoms with Crippen LogP contribution in [-0.2, 0) is 25.8 Å². The Labute approximate surface area is 140 Å². The topological polar surface area (TPSA) is 92.3 Å². The highest BCUT2D eigenvalue weighted by Gasteiger charge is 2.29. The molecule has 1 aliphatic rings. The van der Waals surface area contributed by atoms with Gasteiger partial charge in [0, 0.05) is 12.0 Å². The van der Waals surface area contributed by atoms with Gasteiger partial charge in [0.1, 0.15) is 5.82 Å². The number of amides is 2. The maximum Gasteiger partial charge on any atom is 0.239 e. The van der Waals surface area contributed by atoms with Gasteiger partial charge in [0.25, 0.3) is 0 Å². The number of nitrogens with one attached hydrogen (secondary N) is 2. The maximum absolute atomic E-state index is 13.6. The molecule has 1 aliphatic heterocycles. The van der Waals surface area contributed by atoms with Crippen molar-refractivity contribution in [3.05, 3.63) is 35.6 Å². The number of rotatable bonds is 6. The summed E-state index contributed by atoms with van der Waals surface area (Å²) in [7, 11) is -3.06. The van der Waals surface area contributed by atoms with Crippen molar-refractivity contribution in [2.75, 3.05) is 18.1 Å². The van der Waals surface area contributed by atoms with E-state index in [2.05, 4.69) is 10.6 Å². The minimum atomic E-state index is -3.06. The average Bonchev–Trinajstić information content (AvgIpc) is 2.85. The number of sulfone groups is 1. The molecule has 1 heterocycles. The Morgan fingerprint density at radius 1 is 1.33 bits per heavy atom. The second-order valence-corrected chi connectivity index (χ2v) is 8.31. The molecular formula is C16H21FN2O4S. The van der Waals surface area contributed by atoms with E-state index in [0.29, 0.717) is 12.0 Å². The highest BCUT2D eigenvalue weighted by atomic mass is 32.2. The highest BCUT2D eigenvalue weighted by Crippen LogP contribution is 2.13. The van der Waals surface area contributed by atoms with Crippen LogP contribution >= 0.6 is 0 Å². The van der Waals surface area contributed by atoms with Crippen LogP contribution in [0.5, 0.6) is 0 Å². The molecule has 24 heavy (non-hydrogen) atoms. The van der Waals surface area contributed by atoms with Gasteiger partial charge >= 0.3 is 0 Å². The predicted molar refractivity (Wildman–Crippen MR) is 87.5 cm³/mol. The van der Waals surface area contributed by atoms with E-state index >= 15 is 0 Å². The van der Waals surface area contributed by atoms with Crippen molar-refractivity contribution in [3.63, 3.8) is 0 Å². The molecule has 0 aliphatic carbocycles. The monoisotopic (exact) mass is 356 g/mol. The van der Waals surface area contributed by atoms with Crippen LogP contribution in [0.4, 0.5) is 4.39 Å². The van der Waals surface area contributed by atoms with Crippen LogP contribution in [0.15, 0.2) is 24.3 Å². The van der Waals surface area contributed by atoms with Crippen molar-refractivity contribution in [3.8, 4) is 0 Å². The van der Waals surface area contributed by atoms with Gasteiger partial charge in [-0.05, 0) is 24.5 Å². The Morgan fingerprint density at radius 2 is 2.04 bits per heavy atom. The molecule has 2 rings (SSSR count). The van der Waals surface area contributed by atoms with E-state index in [9.17, 15) is 22.4 Å². The Bertz CT molecular complexity index is 721. The smallest absolute Gasteiger partial charge is 0.239 e. The maximum atomic E-state index is 13.6. The molecule has 0 saturated carbocycles. The Hall–Kier alpha value is -1.96.